The molecule has 104 valence electrons. The molecule has 2 rings (SSSR count). The van der Waals surface area contributed by atoms with Gasteiger partial charge in [0.1, 0.15) is 12.4 Å². The highest BCUT2D eigenvalue weighted by Crippen LogP contribution is 2.23. The van der Waals surface area contributed by atoms with Gasteiger partial charge < -0.3 is 15.8 Å². The van der Waals surface area contributed by atoms with Gasteiger partial charge in [0, 0.05) is 23.8 Å². The number of anilines is 1. The standard InChI is InChI=1S/C15H15ClN2O2/c1-18-15(19)13-6-5-12(17)8-14(13)20-9-10-3-2-4-11(16)7-10/h2-8H,9,17H2,1H3,(H,18,19). The van der Waals surface area contributed by atoms with E-state index in [0.717, 1.165) is 5.56 Å². The third-order valence-corrected chi connectivity index (χ3v) is 3.00. The first-order chi connectivity index (χ1) is 9.60. The Balaban J connectivity index is 2.20. The third kappa shape index (κ3) is 3.42. The smallest absolute Gasteiger partial charge is 0.254 e. The molecule has 0 aliphatic carbocycles. The topological polar surface area (TPSA) is 64.4 Å². The Morgan fingerprint density at radius 2 is 2.10 bits per heavy atom. The van der Waals surface area contributed by atoms with E-state index in [9.17, 15) is 4.79 Å². The van der Waals surface area contributed by atoms with Gasteiger partial charge in [-0.15, -0.1) is 0 Å². The molecule has 2 aromatic carbocycles. The van der Waals surface area contributed by atoms with Crippen LogP contribution in [0.3, 0.4) is 0 Å². The predicted octanol–water partition coefficient (Wildman–Crippen LogP) is 2.86. The van der Waals surface area contributed by atoms with Crippen LogP contribution in [-0.2, 0) is 6.61 Å². The Hall–Kier alpha value is -2.20. The summed E-state index contributed by atoms with van der Waals surface area (Å²) in [7, 11) is 1.57. The molecule has 20 heavy (non-hydrogen) atoms. The zero-order valence-corrected chi connectivity index (χ0v) is 11.8. The van der Waals surface area contributed by atoms with E-state index in [1.54, 1.807) is 31.3 Å². The van der Waals surface area contributed by atoms with Crippen LogP contribution in [-0.4, -0.2) is 13.0 Å². The first kappa shape index (κ1) is 14.2. The average molecular weight is 291 g/mol. The minimum atomic E-state index is -0.217. The van der Waals surface area contributed by atoms with E-state index in [2.05, 4.69) is 5.32 Å². The Morgan fingerprint density at radius 3 is 2.80 bits per heavy atom. The molecule has 0 aliphatic rings. The molecule has 0 heterocycles. The zero-order chi connectivity index (χ0) is 14.5. The van der Waals surface area contributed by atoms with Crippen molar-refractivity contribution in [3.8, 4) is 5.75 Å². The number of hydrogen-bond acceptors (Lipinski definition) is 3. The maximum absolute atomic E-state index is 11.8. The summed E-state index contributed by atoms with van der Waals surface area (Å²) in [5.74, 6) is 0.232. The monoisotopic (exact) mass is 290 g/mol. The lowest BCUT2D eigenvalue weighted by Crippen LogP contribution is -2.19. The minimum Gasteiger partial charge on any atom is -0.488 e. The lowest BCUT2D eigenvalue weighted by atomic mass is 10.1. The fourth-order valence-corrected chi connectivity index (χ4v) is 1.98. The third-order valence-electron chi connectivity index (χ3n) is 2.76. The molecule has 0 saturated heterocycles. The van der Waals surface area contributed by atoms with Gasteiger partial charge in [-0.25, -0.2) is 0 Å². The van der Waals surface area contributed by atoms with Crippen LogP contribution >= 0.6 is 11.6 Å². The summed E-state index contributed by atoms with van der Waals surface area (Å²) in [4.78, 5) is 11.8. The van der Waals surface area contributed by atoms with E-state index in [4.69, 9.17) is 22.1 Å². The van der Waals surface area contributed by atoms with Crippen molar-refractivity contribution in [3.05, 3.63) is 58.6 Å². The summed E-state index contributed by atoms with van der Waals surface area (Å²) in [6.07, 6.45) is 0. The van der Waals surface area contributed by atoms with Gasteiger partial charge in [0.05, 0.1) is 5.56 Å². The van der Waals surface area contributed by atoms with E-state index in [0.29, 0.717) is 28.6 Å². The van der Waals surface area contributed by atoms with Crippen molar-refractivity contribution < 1.29 is 9.53 Å². The predicted molar refractivity (Wildman–Crippen MR) is 80.0 cm³/mol. The van der Waals surface area contributed by atoms with Crippen LogP contribution in [0.4, 0.5) is 5.69 Å². The molecule has 0 bridgehead atoms. The van der Waals surface area contributed by atoms with Crippen molar-refractivity contribution in [3.63, 3.8) is 0 Å². The summed E-state index contributed by atoms with van der Waals surface area (Å²) >= 11 is 5.92. The quantitative estimate of drug-likeness (QED) is 0.851. The molecule has 0 radical (unpaired) electrons. The van der Waals surface area contributed by atoms with Crippen LogP contribution < -0.4 is 15.8 Å². The summed E-state index contributed by atoms with van der Waals surface area (Å²) in [6, 6.07) is 12.3. The van der Waals surface area contributed by atoms with Crippen molar-refractivity contribution in [1.82, 2.24) is 5.32 Å². The molecule has 0 fully saturated rings. The molecular formula is C15H15ClN2O2. The summed E-state index contributed by atoms with van der Waals surface area (Å²) in [5.41, 5.74) is 7.64. The number of halogens is 1. The number of benzene rings is 2. The van der Waals surface area contributed by atoms with Gasteiger partial charge in [0.15, 0.2) is 0 Å². The number of hydrogen-bond donors (Lipinski definition) is 2. The van der Waals surface area contributed by atoms with Crippen molar-refractivity contribution in [2.75, 3.05) is 12.8 Å². The van der Waals surface area contributed by atoms with Gasteiger partial charge in [0.25, 0.3) is 5.91 Å². The Morgan fingerprint density at radius 1 is 1.30 bits per heavy atom. The largest absolute Gasteiger partial charge is 0.488 e. The molecule has 4 nitrogen and oxygen atoms in total. The van der Waals surface area contributed by atoms with Crippen LogP contribution in [0.15, 0.2) is 42.5 Å². The lowest BCUT2D eigenvalue weighted by molar-refractivity contribution is 0.0958. The van der Waals surface area contributed by atoms with Gasteiger partial charge in [-0.2, -0.15) is 0 Å². The Bertz CT molecular complexity index is 629. The van der Waals surface area contributed by atoms with Crippen molar-refractivity contribution in [2.45, 2.75) is 6.61 Å². The first-order valence-corrected chi connectivity index (χ1v) is 6.47. The highest BCUT2D eigenvalue weighted by Gasteiger charge is 2.11. The summed E-state index contributed by atoms with van der Waals surface area (Å²) < 4.78 is 5.68. The zero-order valence-electron chi connectivity index (χ0n) is 11.0. The summed E-state index contributed by atoms with van der Waals surface area (Å²) in [6.45, 7) is 0.313. The molecule has 1 amide bonds. The molecule has 0 atom stereocenters. The summed E-state index contributed by atoms with van der Waals surface area (Å²) in [5, 5.41) is 3.21. The number of nitrogens with two attached hydrogens (primary N) is 1. The van der Waals surface area contributed by atoms with Crippen molar-refractivity contribution in [1.29, 1.82) is 0 Å². The van der Waals surface area contributed by atoms with Crippen LogP contribution in [0.2, 0.25) is 5.02 Å². The molecule has 0 aliphatic heterocycles. The molecule has 0 saturated carbocycles. The fourth-order valence-electron chi connectivity index (χ4n) is 1.77. The van der Waals surface area contributed by atoms with Gasteiger partial charge >= 0.3 is 0 Å². The second-order valence-electron chi connectivity index (χ2n) is 4.25. The van der Waals surface area contributed by atoms with E-state index < -0.39 is 0 Å². The molecule has 2 aromatic rings. The number of ether oxygens (including phenoxy) is 1. The number of rotatable bonds is 4. The van der Waals surface area contributed by atoms with Crippen LogP contribution in [0.5, 0.6) is 5.75 Å². The number of nitrogens with one attached hydrogen (secondary N) is 1. The first-order valence-electron chi connectivity index (χ1n) is 6.09. The minimum absolute atomic E-state index is 0.217. The normalized spacial score (nSPS) is 10.1. The number of carbonyl (C=O) groups is 1. The van der Waals surface area contributed by atoms with Crippen LogP contribution in [0.1, 0.15) is 15.9 Å². The van der Waals surface area contributed by atoms with E-state index in [-0.39, 0.29) is 5.91 Å². The Labute approximate surface area is 122 Å². The second kappa shape index (κ2) is 6.30. The average Bonchev–Trinajstić information content (AvgIpc) is 2.44. The maximum atomic E-state index is 11.8. The van der Waals surface area contributed by atoms with Crippen molar-refractivity contribution >= 4 is 23.2 Å². The highest BCUT2D eigenvalue weighted by molar-refractivity contribution is 6.30. The SMILES string of the molecule is CNC(=O)c1ccc(N)cc1OCc1cccc(Cl)c1. The lowest BCUT2D eigenvalue weighted by Gasteiger charge is -2.11. The molecule has 0 aromatic heterocycles. The van der Waals surface area contributed by atoms with E-state index in [1.807, 2.05) is 18.2 Å². The molecule has 0 spiro atoms. The Kier molecular flexibility index (Phi) is 4.48. The van der Waals surface area contributed by atoms with Crippen LogP contribution in [0.25, 0.3) is 0 Å². The number of carbonyl (C=O) groups excluding carboxylic acids is 1. The van der Waals surface area contributed by atoms with Crippen molar-refractivity contribution in [2.24, 2.45) is 0 Å². The van der Waals surface area contributed by atoms with Gasteiger partial charge in [-0.1, -0.05) is 23.7 Å². The van der Waals surface area contributed by atoms with Gasteiger partial charge in [-0.05, 0) is 29.8 Å². The van der Waals surface area contributed by atoms with Crippen LogP contribution in [0, 0.1) is 0 Å². The highest BCUT2D eigenvalue weighted by atomic mass is 35.5. The van der Waals surface area contributed by atoms with E-state index >= 15 is 0 Å². The number of nitrogen functional groups attached to an aromatic ring is 1. The fraction of sp³-hybridized carbons (Fsp3) is 0.133. The molecular weight excluding hydrogens is 276 g/mol. The molecule has 0 unspecified atom stereocenters. The van der Waals surface area contributed by atoms with E-state index in [1.165, 1.54) is 0 Å². The molecule has 5 heteroatoms. The maximum Gasteiger partial charge on any atom is 0.254 e. The molecule has 3 N–H and O–H groups in total. The van der Waals surface area contributed by atoms with Gasteiger partial charge in [0.2, 0.25) is 0 Å². The number of amides is 1. The van der Waals surface area contributed by atoms with Gasteiger partial charge in [-0.3, -0.25) is 4.79 Å². The second-order valence-corrected chi connectivity index (χ2v) is 4.69.